The van der Waals surface area contributed by atoms with Gasteiger partial charge in [0, 0.05) is 30.2 Å². The number of nitrogens with one attached hydrogen (secondary N) is 1. The van der Waals surface area contributed by atoms with Crippen molar-refractivity contribution in [3.63, 3.8) is 0 Å². The molecule has 1 aliphatic carbocycles. The second-order valence-electron chi connectivity index (χ2n) is 5.97. The summed E-state index contributed by atoms with van der Waals surface area (Å²) in [7, 11) is 1.51. The van der Waals surface area contributed by atoms with E-state index in [1.165, 1.54) is 18.0 Å². The zero-order valence-corrected chi connectivity index (χ0v) is 13.7. The van der Waals surface area contributed by atoms with E-state index in [0.29, 0.717) is 34.7 Å². The molecule has 0 saturated carbocycles. The summed E-state index contributed by atoms with van der Waals surface area (Å²) in [5.74, 6) is 0.376. The number of alkyl halides is 3. The Balaban J connectivity index is 1.90. The average molecular weight is 361 g/mol. The maximum Gasteiger partial charge on any atom is 0.435 e. The molecule has 0 spiro atoms. The van der Waals surface area contributed by atoms with Crippen molar-refractivity contribution >= 4 is 5.91 Å². The smallest absolute Gasteiger partial charge is 0.435 e. The highest BCUT2D eigenvalue weighted by Crippen LogP contribution is 2.42. The van der Waals surface area contributed by atoms with Crippen molar-refractivity contribution in [1.29, 1.82) is 0 Å². The molecule has 1 amide bonds. The number of hydrogen-bond donors (Lipinski definition) is 1. The first-order valence-corrected chi connectivity index (χ1v) is 7.98. The molecule has 2 heterocycles. The number of rotatable bonds is 2. The largest absolute Gasteiger partial charge is 0.469 e. The Kier molecular flexibility index (Phi) is 3.64. The lowest BCUT2D eigenvalue weighted by atomic mass is 9.94. The number of benzene rings is 1. The molecule has 3 aromatic rings. The van der Waals surface area contributed by atoms with E-state index in [9.17, 15) is 18.0 Å². The van der Waals surface area contributed by atoms with E-state index in [1.54, 1.807) is 30.3 Å². The van der Waals surface area contributed by atoms with Gasteiger partial charge in [0.1, 0.15) is 5.76 Å². The number of carbonyl (C=O) groups is 1. The molecule has 0 radical (unpaired) electrons. The second-order valence-corrected chi connectivity index (χ2v) is 5.97. The van der Waals surface area contributed by atoms with Crippen LogP contribution < -0.4 is 5.32 Å². The average Bonchev–Trinajstić information content (AvgIpc) is 3.24. The molecule has 2 aromatic heterocycles. The Labute approximate surface area is 146 Å². The van der Waals surface area contributed by atoms with Crippen LogP contribution >= 0.6 is 0 Å². The van der Waals surface area contributed by atoms with Crippen LogP contribution in [-0.4, -0.2) is 22.7 Å². The van der Waals surface area contributed by atoms with Gasteiger partial charge in [0.25, 0.3) is 5.91 Å². The molecule has 0 unspecified atom stereocenters. The van der Waals surface area contributed by atoms with Crippen LogP contribution in [0, 0.1) is 0 Å². The number of fused-ring (bicyclic) bond motifs is 3. The van der Waals surface area contributed by atoms with Crippen LogP contribution in [0.5, 0.6) is 0 Å². The van der Waals surface area contributed by atoms with E-state index in [1.807, 2.05) is 0 Å². The summed E-state index contributed by atoms with van der Waals surface area (Å²) in [4.78, 5) is 11.7. The zero-order chi connectivity index (χ0) is 18.5. The number of nitrogens with zero attached hydrogens (tertiary/aromatic N) is 2. The molecule has 0 fully saturated rings. The molecule has 4 rings (SSSR count). The minimum Gasteiger partial charge on any atom is -0.469 e. The van der Waals surface area contributed by atoms with E-state index in [0.717, 1.165) is 0 Å². The van der Waals surface area contributed by atoms with Gasteiger partial charge in [-0.25, -0.2) is 4.68 Å². The lowest BCUT2D eigenvalue weighted by Gasteiger charge is -2.15. The highest BCUT2D eigenvalue weighted by atomic mass is 19.4. The first-order valence-electron chi connectivity index (χ1n) is 7.98. The van der Waals surface area contributed by atoms with Gasteiger partial charge in [-0.2, -0.15) is 18.3 Å². The molecular formula is C18H14F3N3O2. The van der Waals surface area contributed by atoms with E-state index < -0.39 is 11.9 Å². The normalized spacial score (nSPS) is 13.2. The Morgan fingerprint density at radius 1 is 1.19 bits per heavy atom. The molecule has 8 heteroatoms. The van der Waals surface area contributed by atoms with Gasteiger partial charge in [0.15, 0.2) is 5.69 Å². The van der Waals surface area contributed by atoms with Crippen molar-refractivity contribution in [2.24, 2.45) is 0 Å². The number of hydrogen-bond acceptors (Lipinski definition) is 3. The number of halogens is 3. The van der Waals surface area contributed by atoms with Crippen molar-refractivity contribution < 1.29 is 22.4 Å². The summed E-state index contributed by atoms with van der Waals surface area (Å²) in [6, 6.07) is 7.91. The van der Waals surface area contributed by atoms with Crippen molar-refractivity contribution in [1.82, 2.24) is 15.1 Å². The van der Waals surface area contributed by atoms with Crippen molar-refractivity contribution in [3.8, 4) is 16.9 Å². The predicted molar refractivity (Wildman–Crippen MR) is 87.1 cm³/mol. The molecule has 134 valence electrons. The fourth-order valence-electron chi connectivity index (χ4n) is 3.26. The van der Waals surface area contributed by atoms with Crippen molar-refractivity contribution in [2.45, 2.75) is 19.0 Å². The van der Waals surface area contributed by atoms with Gasteiger partial charge in [0.05, 0.1) is 17.6 Å². The molecule has 0 saturated heterocycles. The van der Waals surface area contributed by atoms with Gasteiger partial charge in [-0.05, 0) is 36.8 Å². The first kappa shape index (κ1) is 16.4. The van der Waals surface area contributed by atoms with Crippen molar-refractivity contribution in [2.75, 3.05) is 7.05 Å². The summed E-state index contributed by atoms with van der Waals surface area (Å²) in [5, 5.41) is 6.36. The van der Waals surface area contributed by atoms with Crippen LogP contribution in [0.25, 0.3) is 16.9 Å². The lowest BCUT2D eigenvalue weighted by molar-refractivity contribution is -0.142. The molecule has 1 aromatic carbocycles. The highest BCUT2D eigenvalue weighted by Gasteiger charge is 2.41. The molecule has 1 N–H and O–H groups in total. The summed E-state index contributed by atoms with van der Waals surface area (Å²) in [6.45, 7) is 0. The summed E-state index contributed by atoms with van der Waals surface area (Å²) < 4.78 is 47.1. The minimum atomic E-state index is -4.54. The van der Waals surface area contributed by atoms with Crippen LogP contribution in [0.15, 0.2) is 41.0 Å². The van der Waals surface area contributed by atoms with Crippen LogP contribution in [0.1, 0.15) is 27.4 Å². The SMILES string of the molecule is CNC(=O)c1ccc(-n2nc(C(F)(F)F)c3c2-c2ccoc2CC3)cc1. The number of aromatic nitrogens is 2. The number of amides is 1. The summed E-state index contributed by atoms with van der Waals surface area (Å²) in [5.41, 5.74) is 1.15. The van der Waals surface area contributed by atoms with Crippen LogP contribution in [0.4, 0.5) is 13.2 Å². The highest BCUT2D eigenvalue weighted by molar-refractivity contribution is 5.94. The molecule has 0 atom stereocenters. The fraction of sp³-hybridized carbons (Fsp3) is 0.222. The Morgan fingerprint density at radius 2 is 1.92 bits per heavy atom. The number of furan rings is 1. The third-order valence-corrected chi connectivity index (χ3v) is 4.46. The fourth-order valence-corrected chi connectivity index (χ4v) is 3.26. The van der Waals surface area contributed by atoms with E-state index >= 15 is 0 Å². The standard InChI is InChI=1S/C18H14F3N3O2/c1-22-17(25)10-2-4-11(5-3-10)24-15-12-8-9-26-14(12)7-6-13(15)16(23-24)18(19,20)21/h2-5,8-9H,6-7H2,1H3,(H,22,25). The summed E-state index contributed by atoms with van der Waals surface area (Å²) >= 11 is 0. The monoisotopic (exact) mass is 361 g/mol. The number of aryl methyl sites for hydroxylation is 1. The Morgan fingerprint density at radius 3 is 2.58 bits per heavy atom. The van der Waals surface area contributed by atoms with Crippen LogP contribution in [0.2, 0.25) is 0 Å². The maximum absolute atomic E-state index is 13.5. The van der Waals surface area contributed by atoms with Crippen LogP contribution in [-0.2, 0) is 19.0 Å². The van der Waals surface area contributed by atoms with Gasteiger partial charge in [-0.3, -0.25) is 4.79 Å². The quantitative estimate of drug-likeness (QED) is 0.759. The third kappa shape index (κ3) is 2.49. The van der Waals surface area contributed by atoms with Gasteiger partial charge < -0.3 is 9.73 Å². The Hall–Kier alpha value is -3.03. The molecule has 0 aliphatic heterocycles. The molecule has 5 nitrogen and oxygen atoms in total. The first-order chi connectivity index (χ1) is 12.4. The van der Waals surface area contributed by atoms with Gasteiger partial charge in [0.2, 0.25) is 0 Å². The van der Waals surface area contributed by atoms with Gasteiger partial charge in [-0.15, -0.1) is 0 Å². The molecule has 1 aliphatic rings. The Bertz CT molecular complexity index is 984. The second kappa shape index (κ2) is 5.76. The molecular weight excluding hydrogens is 347 g/mol. The van der Waals surface area contributed by atoms with Gasteiger partial charge in [-0.1, -0.05) is 0 Å². The van der Waals surface area contributed by atoms with Crippen molar-refractivity contribution in [3.05, 3.63) is 59.2 Å². The van der Waals surface area contributed by atoms with E-state index in [2.05, 4.69) is 10.4 Å². The molecule has 0 bridgehead atoms. The zero-order valence-electron chi connectivity index (χ0n) is 13.7. The molecule has 26 heavy (non-hydrogen) atoms. The maximum atomic E-state index is 13.5. The minimum absolute atomic E-state index is 0.168. The van der Waals surface area contributed by atoms with E-state index in [4.69, 9.17) is 4.42 Å². The summed E-state index contributed by atoms with van der Waals surface area (Å²) in [6.07, 6.45) is -2.46. The lowest BCUT2D eigenvalue weighted by Crippen LogP contribution is -2.17. The topological polar surface area (TPSA) is 60.1 Å². The third-order valence-electron chi connectivity index (χ3n) is 4.46. The van der Waals surface area contributed by atoms with Gasteiger partial charge >= 0.3 is 6.18 Å². The number of carbonyl (C=O) groups excluding carboxylic acids is 1. The van der Waals surface area contributed by atoms with Crippen LogP contribution in [0.3, 0.4) is 0 Å². The van der Waals surface area contributed by atoms with E-state index in [-0.39, 0.29) is 17.9 Å². The predicted octanol–water partition coefficient (Wildman–Crippen LogP) is 3.61.